The van der Waals surface area contributed by atoms with E-state index in [4.69, 9.17) is 11.6 Å². The van der Waals surface area contributed by atoms with Crippen LogP contribution in [0, 0.1) is 5.92 Å². The van der Waals surface area contributed by atoms with Crippen LogP contribution >= 0.6 is 11.6 Å². The summed E-state index contributed by atoms with van der Waals surface area (Å²) >= 11 is 6.14. The number of benzene rings is 1. The highest BCUT2D eigenvalue weighted by atomic mass is 35.5. The Morgan fingerprint density at radius 3 is 2.78 bits per heavy atom. The monoisotopic (exact) mass is 387 g/mol. The van der Waals surface area contributed by atoms with Crippen molar-refractivity contribution in [1.29, 1.82) is 0 Å². The van der Waals surface area contributed by atoms with Gasteiger partial charge in [-0.15, -0.1) is 0 Å². The van der Waals surface area contributed by atoms with E-state index in [1.54, 1.807) is 29.3 Å². The number of carbonyl (C=O) groups is 2. The number of piperidine rings is 1. The first-order valence-corrected chi connectivity index (χ1v) is 9.29. The molecule has 2 heterocycles. The minimum absolute atomic E-state index is 0.0291. The van der Waals surface area contributed by atoms with E-state index in [1.165, 1.54) is 6.20 Å². The summed E-state index contributed by atoms with van der Waals surface area (Å²) in [4.78, 5) is 30.6. The van der Waals surface area contributed by atoms with Crippen LogP contribution in [0.15, 0.2) is 48.8 Å². The topological polar surface area (TPSA) is 82.5 Å². The van der Waals surface area contributed by atoms with E-state index in [0.717, 1.165) is 5.56 Å². The van der Waals surface area contributed by atoms with E-state index in [9.17, 15) is 14.7 Å². The Labute approximate surface area is 163 Å². The van der Waals surface area contributed by atoms with Crippen molar-refractivity contribution < 1.29 is 14.7 Å². The van der Waals surface area contributed by atoms with E-state index in [-0.39, 0.29) is 36.8 Å². The van der Waals surface area contributed by atoms with Crippen LogP contribution in [-0.4, -0.2) is 52.5 Å². The summed E-state index contributed by atoms with van der Waals surface area (Å²) in [5.41, 5.74) is 1.27. The van der Waals surface area contributed by atoms with Crippen molar-refractivity contribution in [1.82, 2.24) is 15.2 Å². The van der Waals surface area contributed by atoms with Crippen molar-refractivity contribution in [3.8, 4) is 0 Å². The second-order valence-electron chi connectivity index (χ2n) is 6.66. The molecule has 1 saturated heterocycles. The molecule has 3 rings (SSSR count). The van der Waals surface area contributed by atoms with Crippen LogP contribution in [-0.2, 0) is 11.2 Å². The number of pyridine rings is 1. The van der Waals surface area contributed by atoms with Gasteiger partial charge in [-0.1, -0.05) is 29.8 Å². The molecule has 1 fully saturated rings. The summed E-state index contributed by atoms with van der Waals surface area (Å²) in [5, 5.41) is 13.3. The van der Waals surface area contributed by atoms with Gasteiger partial charge in [-0.05, 0) is 30.2 Å². The highest BCUT2D eigenvalue weighted by molar-refractivity contribution is 6.31. The molecule has 0 unspecified atom stereocenters. The lowest BCUT2D eigenvalue weighted by Crippen LogP contribution is -2.53. The molecule has 142 valence electrons. The summed E-state index contributed by atoms with van der Waals surface area (Å²) in [7, 11) is 0. The Kier molecular flexibility index (Phi) is 6.42. The van der Waals surface area contributed by atoms with Crippen molar-refractivity contribution in [2.75, 3.05) is 19.7 Å². The summed E-state index contributed by atoms with van der Waals surface area (Å²) in [6, 6.07) is 10.5. The standard InChI is InChI=1S/C20H22ClN3O3/c21-17-6-2-1-4-14(17)10-19(26)24-9-7-18(16(12-24)13-25)23-20(27)15-5-3-8-22-11-15/h1-6,8,11,16,18,25H,7,9-10,12-13H2,(H,23,27)/t16-,18-/m1/s1. The number of aromatic nitrogens is 1. The van der Waals surface area contributed by atoms with E-state index >= 15 is 0 Å². The average Bonchev–Trinajstić information content (AvgIpc) is 2.70. The van der Waals surface area contributed by atoms with Gasteiger partial charge in [0.2, 0.25) is 5.91 Å². The van der Waals surface area contributed by atoms with Crippen LogP contribution in [0.3, 0.4) is 0 Å². The highest BCUT2D eigenvalue weighted by Crippen LogP contribution is 2.21. The van der Waals surface area contributed by atoms with Crippen molar-refractivity contribution in [3.05, 3.63) is 64.9 Å². The highest BCUT2D eigenvalue weighted by Gasteiger charge is 2.32. The molecule has 7 heteroatoms. The minimum Gasteiger partial charge on any atom is -0.396 e. The lowest BCUT2D eigenvalue weighted by atomic mass is 9.92. The van der Waals surface area contributed by atoms with Gasteiger partial charge in [0, 0.05) is 49.1 Å². The van der Waals surface area contributed by atoms with Crippen LogP contribution in [0.2, 0.25) is 5.02 Å². The number of nitrogens with zero attached hydrogens (tertiary/aromatic N) is 2. The molecule has 0 saturated carbocycles. The van der Waals surface area contributed by atoms with Crippen LogP contribution in [0.25, 0.3) is 0 Å². The zero-order valence-electron chi connectivity index (χ0n) is 14.8. The average molecular weight is 388 g/mol. The lowest BCUT2D eigenvalue weighted by molar-refractivity contribution is -0.132. The maximum atomic E-state index is 12.6. The number of nitrogens with one attached hydrogen (secondary N) is 1. The van der Waals surface area contributed by atoms with Crippen LogP contribution in [0.5, 0.6) is 0 Å². The first kappa shape index (κ1) is 19.3. The molecule has 27 heavy (non-hydrogen) atoms. The number of carbonyl (C=O) groups excluding carboxylic acids is 2. The van der Waals surface area contributed by atoms with Gasteiger partial charge in [0.15, 0.2) is 0 Å². The molecule has 1 aromatic heterocycles. The number of likely N-dealkylation sites (tertiary alicyclic amines) is 1. The van der Waals surface area contributed by atoms with Gasteiger partial charge in [-0.3, -0.25) is 14.6 Å². The fourth-order valence-corrected chi connectivity index (χ4v) is 3.50. The smallest absolute Gasteiger partial charge is 0.253 e. The van der Waals surface area contributed by atoms with Gasteiger partial charge in [-0.2, -0.15) is 0 Å². The van der Waals surface area contributed by atoms with E-state index in [0.29, 0.717) is 30.1 Å². The van der Waals surface area contributed by atoms with Crippen molar-refractivity contribution in [2.24, 2.45) is 5.92 Å². The van der Waals surface area contributed by atoms with Crippen molar-refractivity contribution in [2.45, 2.75) is 18.9 Å². The molecule has 2 aromatic rings. The molecule has 1 aromatic carbocycles. The zero-order chi connectivity index (χ0) is 19.2. The third-order valence-electron chi connectivity index (χ3n) is 4.86. The van der Waals surface area contributed by atoms with Crippen molar-refractivity contribution >= 4 is 23.4 Å². The molecule has 0 aliphatic carbocycles. The van der Waals surface area contributed by atoms with Gasteiger partial charge in [0.1, 0.15) is 0 Å². The van der Waals surface area contributed by atoms with Gasteiger partial charge in [0.25, 0.3) is 5.91 Å². The van der Waals surface area contributed by atoms with E-state index < -0.39 is 0 Å². The fourth-order valence-electron chi connectivity index (χ4n) is 3.30. The summed E-state index contributed by atoms with van der Waals surface area (Å²) in [6.45, 7) is 0.823. The first-order chi connectivity index (χ1) is 13.1. The molecule has 0 radical (unpaired) electrons. The largest absolute Gasteiger partial charge is 0.396 e. The SMILES string of the molecule is O=C(N[C@@H]1CCN(C(=O)Cc2ccccc2Cl)C[C@@H]1CO)c1cccnc1. The summed E-state index contributed by atoms with van der Waals surface area (Å²) < 4.78 is 0. The van der Waals surface area contributed by atoms with Crippen molar-refractivity contribution in [3.63, 3.8) is 0 Å². The number of hydrogen-bond donors (Lipinski definition) is 2. The number of halogens is 1. The molecule has 1 aliphatic rings. The maximum Gasteiger partial charge on any atom is 0.253 e. The Balaban J connectivity index is 1.60. The molecule has 1 aliphatic heterocycles. The molecule has 0 bridgehead atoms. The summed E-state index contributed by atoms with van der Waals surface area (Å²) in [5.74, 6) is -0.462. The van der Waals surface area contributed by atoms with Gasteiger partial charge < -0.3 is 15.3 Å². The van der Waals surface area contributed by atoms with Gasteiger partial charge >= 0.3 is 0 Å². The number of aliphatic hydroxyl groups is 1. The number of amides is 2. The molecular formula is C20H22ClN3O3. The fraction of sp³-hybridized carbons (Fsp3) is 0.350. The lowest BCUT2D eigenvalue weighted by Gasteiger charge is -2.38. The third kappa shape index (κ3) is 4.84. The van der Waals surface area contributed by atoms with Crippen LogP contribution in [0.1, 0.15) is 22.3 Å². The minimum atomic E-state index is -0.220. The number of rotatable bonds is 5. The zero-order valence-corrected chi connectivity index (χ0v) is 15.6. The second kappa shape index (κ2) is 8.97. The molecule has 2 N–H and O–H groups in total. The first-order valence-electron chi connectivity index (χ1n) is 8.91. The Hall–Kier alpha value is -2.44. The molecule has 0 spiro atoms. The Bertz CT molecular complexity index is 800. The Morgan fingerprint density at radius 1 is 1.26 bits per heavy atom. The number of aliphatic hydroxyl groups excluding tert-OH is 1. The predicted octanol–water partition coefficient (Wildman–Crippen LogP) is 1.92. The van der Waals surface area contributed by atoms with E-state index in [1.807, 2.05) is 18.2 Å². The van der Waals surface area contributed by atoms with E-state index in [2.05, 4.69) is 10.3 Å². The number of hydrogen-bond acceptors (Lipinski definition) is 4. The van der Waals surface area contributed by atoms with Gasteiger partial charge in [-0.25, -0.2) is 0 Å². The molecular weight excluding hydrogens is 366 g/mol. The third-order valence-corrected chi connectivity index (χ3v) is 5.23. The predicted molar refractivity (Wildman–Crippen MR) is 102 cm³/mol. The van der Waals surface area contributed by atoms with Gasteiger partial charge in [0.05, 0.1) is 12.0 Å². The molecule has 2 amide bonds. The van der Waals surface area contributed by atoms with Crippen LogP contribution < -0.4 is 5.32 Å². The Morgan fingerprint density at radius 2 is 2.07 bits per heavy atom. The maximum absolute atomic E-state index is 12.6. The normalized spacial score (nSPS) is 19.6. The molecule has 2 atom stereocenters. The van der Waals surface area contributed by atoms with Crippen LogP contribution in [0.4, 0.5) is 0 Å². The summed E-state index contributed by atoms with van der Waals surface area (Å²) in [6.07, 6.45) is 3.93. The second-order valence-corrected chi connectivity index (χ2v) is 7.07. The molecule has 6 nitrogen and oxygen atoms in total. The quantitative estimate of drug-likeness (QED) is 0.821.